The molecule has 0 aliphatic heterocycles. The van der Waals surface area contributed by atoms with E-state index in [1.807, 2.05) is 6.07 Å². The minimum atomic E-state index is 0.352. The van der Waals surface area contributed by atoms with Gasteiger partial charge in [0.15, 0.2) is 0 Å². The van der Waals surface area contributed by atoms with Crippen molar-refractivity contribution in [1.82, 2.24) is 10.3 Å². The molecule has 0 radical (unpaired) electrons. The molecule has 3 heteroatoms. The molecule has 1 unspecified atom stereocenters. The van der Waals surface area contributed by atoms with Gasteiger partial charge in [-0.2, -0.15) is 0 Å². The quantitative estimate of drug-likeness (QED) is 0.841. The molecule has 2 rings (SSSR count). The van der Waals surface area contributed by atoms with Gasteiger partial charge in [0.1, 0.15) is 0 Å². The number of pyridine rings is 1. The van der Waals surface area contributed by atoms with E-state index in [1.54, 1.807) is 7.11 Å². The number of rotatable bonds is 7. The summed E-state index contributed by atoms with van der Waals surface area (Å²) < 4.78 is 5.34. The summed E-state index contributed by atoms with van der Waals surface area (Å²) in [7, 11) is 1.76. The van der Waals surface area contributed by atoms with Gasteiger partial charge in [-0.1, -0.05) is 25.1 Å². The fraction of sp³-hybridized carbons (Fsp3) is 0.471. The Bertz CT molecular complexity index is 554. The predicted molar refractivity (Wildman–Crippen MR) is 84.1 cm³/mol. The van der Waals surface area contributed by atoms with Crippen LogP contribution in [-0.2, 0) is 11.2 Å². The van der Waals surface area contributed by atoms with Gasteiger partial charge in [-0.15, -0.1) is 0 Å². The van der Waals surface area contributed by atoms with Gasteiger partial charge >= 0.3 is 0 Å². The first-order valence-corrected chi connectivity index (χ1v) is 7.32. The van der Waals surface area contributed by atoms with Crippen LogP contribution in [0.1, 0.15) is 24.6 Å². The number of methoxy groups -OCH3 is 1. The van der Waals surface area contributed by atoms with Gasteiger partial charge in [0.05, 0.1) is 12.1 Å². The summed E-state index contributed by atoms with van der Waals surface area (Å²) in [6.45, 7) is 6.00. The molecule has 0 bridgehead atoms. The minimum absolute atomic E-state index is 0.352. The van der Waals surface area contributed by atoms with Gasteiger partial charge in [-0.25, -0.2) is 0 Å². The highest BCUT2D eigenvalue weighted by Gasteiger charge is 2.11. The number of para-hydroxylation sites is 1. The number of benzene rings is 1. The first-order valence-electron chi connectivity index (χ1n) is 7.32. The van der Waals surface area contributed by atoms with E-state index < -0.39 is 0 Å². The number of ether oxygens (including phenoxy) is 1. The van der Waals surface area contributed by atoms with Crippen LogP contribution in [0.15, 0.2) is 30.3 Å². The average Bonchev–Trinajstić information content (AvgIpc) is 2.44. The number of nitrogens with zero attached hydrogens (tertiary/aromatic N) is 1. The largest absolute Gasteiger partial charge is 0.383 e. The molecular formula is C17H24N2O. The molecule has 1 atom stereocenters. The Morgan fingerprint density at radius 1 is 1.30 bits per heavy atom. The standard InChI is InChI=1S/C17H24N2O/c1-4-9-18-15(12-20-3)11-14-10-13(2)19-17-8-6-5-7-16(14)17/h5-8,10,15,18H,4,9,11-12H2,1-3H3. The summed E-state index contributed by atoms with van der Waals surface area (Å²) in [4.78, 5) is 4.60. The monoisotopic (exact) mass is 272 g/mol. The molecular weight excluding hydrogens is 248 g/mol. The Balaban J connectivity index is 2.26. The smallest absolute Gasteiger partial charge is 0.0707 e. The van der Waals surface area contributed by atoms with E-state index in [1.165, 1.54) is 10.9 Å². The number of aryl methyl sites for hydroxylation is 1. The maximum absolute atomic E-state index is 5.34. The highest BCUT2D eigenvalue weighted by Crippen LogP contribution is 2.19. The second kappa shape index (κ2) is 7.36. The van der Waals surface area contributed by atoms with Crippen molar-refractivity contribution in [3.8, 4) is 0 Å². The van der Waals surface area contributed by atoms with E-state index in [0.717, 1.165) is 37.2 Å². The van der Waals surface area contributed by atoms with Crippen LogP contribution in [0, 0.1) is 6.92 Å². The van der Waals surface area contributed by atoms with E-state index in [2.05, 4.69) is 48.4 Å². The highest BCUT2D eigenvalue weighted by molar-refractivity contribution is 5.82. The zero-order valence-electron chi connectivity index (χ0n) is 12.6. The Labute approximate surface area is 121 Å². The lowest BCUT2D eigenvalue weighted by atomic mass is 10.0. The van der Waals surface area contributed by atoms with E-state index >= 15 is 0 Å². The minimum Gasteiger partial charge on any atom is -0.383 e. The van der Waals surface area contributed by atoms with Crippen molar-refractivity contribution in [2.45, 2.75) is 32.7 Å². The van der Waals surface area contributed by atoms with Crippen molar-refractivity contribution >= 4 is 10.9 Å². The molecule has 0 saturated heterocycles. The van der Waals surface area contributed by atoms with Gasteiger partial charge < -0.3 is 10.1 Å². The third-order valence-corrected chi connectivity index (χ3v) is 3.45. The molecule has 1 heterocycles. The number of nitrogens with one attached hydrogen (secondary N) is 1. The zero-order valence-corrected chi connectivity index (χ0v) is 12.6. The summed E-state index contributed by atoms with van der Waals surface area (Å²) in [5, 5.41) is 4.81. The Morgan fingerprint density at radius 2 is 2.10 bits per heavy atom. The van der Waals surface area contributed by atoms with E-state index in [0.29, 0.717) is 6.04 Å². The van der Waals surface area contributed by atoms with Gasteiger partial charge in [-0.05, 0) is 44.0 Å². The fourth-order valence-electron chi connectivity index (χ4n) is 2.57. The second-order valence-corrected chi connectivity index (χ2v) is 5.25. The molecule has 0 aliphatic rings. The van der Waals surface area contributed by atoms with Crippen molar-refractivity contribution in [3.63, 3.8) is 0 Å². The van der Waals surface area contributed by atoms with Crippen LogP contribution in [-0.4, -0.2) is 31.3 Å². The summed E-state index contributed by atoms with van der Waals surface area (Å²) in [6.07, 6.45) is 2.11. The molecule has 1 N–H and O–H groups in total. The first-order chi connectivity index (χ1) is 9.74. The number of aromatic nitrogens is 1. The lowest BCUT2D eigenvalue weighted by Crippen LogP contribution is -2.35. The summed E-state index contributed by atoms with van der Waals surface area (Å²) in [5.74, 6) is 0. The lowest BCUT2D eigenvalue weighted by molar-refractivity contribution is 0.166. The van der Waals surface area contributed by atoms with Crippen LogP contribution in [0.25, 0.3) is 10.9 Å². The van der Waals surface area contributed by atoms with Crippen LogP contribution in [0.2, 0.25) is 0 Å². The summed E-state index contributed by atoms with van der Waals surface area (Å²) >= 11 is 0. The molecule has 3 nitrogen and oxygen atoms in total. The van der Waals surface area contributed by atoms with E-state index in [-0.39, 0.29) is 0 Å². The molecule has 0 aliphatic carbocycles. The van der Waals surface area contributed by atoms with Crippen LogP contribution in [0.5, 0.6) is 0 Å². The normalized spacial score (nSPS) is 12.8. The molecule has 0 fully saturated rings. The molecule has 108 valence electrons. The zero-order chi connectivity index (χ0) is 14.4. The SMILES string of the molecule is CCCNC(COC)Cc1cc(C)nc2ccccc12. The van der Waals surface area contributed by atoms with Crippen LogP contribution in [0.3, 0.4) is 0 Å². The lowest BCUT2D eigenvalue weighted by Gasteiger charge is -2.19. The topological polar surface area (TPSA) is 34.1 Å². The summed E-state index contributed by atoms with van der Waals surface area (Å²) in [6, 6.07) is 10.9. The number of hydrogen-bond donors (Lipinski definition) is 1. The maximum Gasteiger partial charge on any atom is 0.0707 e. The third kappa shape index (κ3) is 3.78. The van der Waals surface area contributed by atoms with Crippen molar-refractivity contribution < 1.29 is 4.74 Å². The predicted octanol–water partition coefficient (Wildman–Crippen LogP) is 3.10. The third-order valence-electron chi connectivity index (χ3n) is 3.45. The Hall–Kier alpha value is -1.45. The first kappa shape index (κ1) is 14.9. The van der Waals surface area contributed by atoms with Crippen molar-refractivity contribution in [1.29, 1.82) is 0 Å². The fourth-order valence-corrected chi connectivity index (χ4v) is 2.57. The Kier molecular flexibility index (Phi) is 5.50. The van der Waals surface area contributed by atoms with Crippen molar-refractivity contribution in [2.75, 3.05) is 20.3 Å². The molecule has 0 spiro atoms. The van der Waals surface area contributed by atoms with Crippen molar-refractivity contribution in [3.05, 3.63) is 41.6 Å². The highest BCUT2D eigenvalue weighted by atomic mass is 16.5. The van der Waals surface area contributed by atoms with E-state index in [4.69, 9.17) is 4.74 Å². The molecule has 0 saturated carbocycles. The molecule has 1 aromatic heterocycles. The van der Waals surface area contributed by atoms with Crippen LogP contribution >= 0.6 is 0 Å². The molecule has 20 heavy (non-hydrogen) atoms. The molecule has 0 amide bonds. The Morgan fingerprint density at radius 3 is 2.85 bits per heavy atom. The number of hydrogen-bond acceptors (Lipinski definition) is 3. The van der Waals surface area contributed by atoms with Gasteiger partial charge in [0.25, 0.3) is 0 Å². The van der Waals surface area contributed by atoms with Crippen molar-refractivity contribution in [2.24, 2.45) is 0 Å². The van der Waals surface area contributed by atoms with Gasteiger partial charge in [0, 0.05) is 24.2 Å². The molecule has 2 aromatic rings. The van der Waals surface area contributed by atoms with Crippen LogP contribution in [0.4, 0.5) is 0 Å². The van der Waals surface area contributed by atoms with E-state index in [9.17, 15) is 0 Å². The number of fused-ring (bicyclic) bond motifs is 1. The average molecular weight is 272 g/mol. The summed E-state index contributed by atoms with van der Waals surface area (Å²) in [5.41, 5.74) is 3.50. The van der Waals surface area contributed by atoms with Gasteiger partial charge in [0.2, 0.25) is 0 Å². The second-order valence-electron chi connectivity index (χ2n) is 5.25. The molecule has 1 aromatic carbocycles. The van der Waals surface area contributed by atoms with Crippen LogP contribution < -0.4 is 5.32 Å². The van der Waals surface area contributed by atoms with Gasteiger partial charge in [-0.3, -0.25) is 4.98 Å². The maximum atomic E-state index is 5.34.